The van der Waals surface area contributed by atoms with Crippen LogP contribution in [0.2, 0.25) is 0 Å². The molecule has 0 bridgehead atoms. The second-order valence-corrected chi connectivity index (χ2v) is 7.94. The Balaban J connectivity index is 1.30. The molecule has 1 aromatic heterocycles. The predicted molar refractivity (Wildman–Crippen MR) is 118 cm³/mol. The zero-order valence-electron chi connectivity index (χ0n) is 16.4. The quantitative estimate of drug-likeness (QED) is 0.395. The number of rotatable bonds is 5. The lowest BCUT2D eigenvalue weighted by Gasteiger charge is -2.12. The second kappa shape index (κ2) is 9.52. The number of hydrogen-bond acceptors (Lipinski definition) is 6. The lowest BCUT2D eigenvalue weighted by molar-refractivity contribution is -0.123. The predicted octanol–water partition coefficient (Wildman–Crippen LogP) is 2.37. The van der Waals surface area contributed by atoms with E-state index in [0.717, 1.165) is 5.56 Å². The number of benzene rings is 2. The van der Waals surface area contributed by atoms with Crippen LogP contribution in [-0.4, -0.2) is 23.8 Å². The maximum Gasteiger partial charge on any atom is 0.269 e. The second-order valence-electron chi connectivity index (χ2n) is 7.00. The van der Waals surface area contributed by atoms with Crippen molar-refractivity contribution in [2.45, 2.75) is 18.5 Å². The highest BCUT2D eigenvalue weighted by molar-refractivity contribution is 7.12. The molecule has 2 atom stereocenters. The third-order valence-electron chi connectivity index (χ3n) is 4.85. The standard InChI is InChI=1S/C22H21N5O3S/c28-20(15-8-4-9-16(12-15)23-22(30)19-10-5-11-31-19)26-27-21(29)18-13-17(24-25-18)14-6-2-1-3-7-14/h1-12,17-18,24-25H,13H2,(H,23,30)(H,26,28)(H,27,29). The Labute approximate surface area is 183 Å². The average molecular weight is 436 g/mol. The molecule has 0 aliphatic carbocycles. The third kappa shape index (κ3) is 5.15. The number of carbonyl (C=O) groups is 3. The minimum absolute atomic E-state index is 0.0105. The summed E-state index contributed by atoms with van der Waals surface area (Å²) in [5.74, 6) is -1.07. The summed E-state index contributed by atoms with van der Waals surface area (Å²) in [7, 11) is 0. The number of thiophene rings is 1. The van der Waals surface area contributed by atoms with Gasteiger partial charge in [0, 0.05) is 17.3 Å². The largest absolute Gasteiger partial charge is 0.321 e. The van der Waals surface area contributed by atoms with Crippen LogP contribution in [0.25, 0.3) is 0 Å². The molecule has 158 valence electrons. The summed E-state index contributed by atoms with van der Waals surface area (Å²) in [5, 5.41) is 4.57. The molecule has 5 N–H and O–H groups in total. The number of amides is 3. The number of anilines is 1. The normalized spacial score (nSPS) is 17.7. The van der Waals surface area contributed by atoms with E-state index < -0.39 is 11.9 Å². The van der Waals surface area contributed by atoms with E-state index >= 15 is 0 Å². The fraction of sp³-hybridized carbons (Fsp3) is 0.136. The molecule has 1 fully saturated rings. The first-order valence-corrected chi connectivity index (χ1v) is 10.6. The fourth-order valence-electron chi connectivity index (χ4n) is 3.25. The van der Waals surface area contributed by atoms with Gasteiger partial charge in [-0.15, -0.1) is 11.3 Å². The van der Waals surface area contributed by atoms with E-state index in [0.29, 0.717) is 22.5 Å². The van der Waals surface area contributed by atoms with Gasteiger partial charge in [0.2, 0.25) is 0 Å². The van der Waals surface area contributed by atoms with Gasteiger partial charge in [0.05, 0.1) is 4.88 Å². The Kier molecular flexibility index (Phi) is 6.37. The molecular formula is C22H21N5O3S. The van der Waals surface area contributed by atoms with Gasteiger partial charge in [-0.3, -0.25) is 25.2 Å². The molecule has 2 aromatic carbocycles. The summed E-state index contributed by atoms with van der Waals surface area (Å²) in [5.41, 5.74) is 12.8. The Morgan fingerprint density at radius 1 is 0.871 bits per heavy atom. The van der Waals surface area contributed by atoms with Crippen LogP contribution in [0.15, 0.2) is 72.1 Å². The molecule has 3 amide bonds. The van der Waals surface area contributed by atoms with Crippen molar-refractivity contribution in [3.63, 3.8) is 0 Å². The molecular weight excluding hydrogens is 414 g/mol. The van der Waals surface area contributed by atoms with E-state index in [9.17, 15) is 14.4 Å². The van der Waals surface area contributed by atoms with Crippen LogP contribution in [0.5, 0.6) is 0 Å². The van der Waals surface area contributed by atoms with E-state index in [1.165, 1.54) is 11.3 Å². The van der Waals surface area contributed by atoms with Crippen molar-refractivity contribution in [1.29, 1.82) is 0 Å². The van der Waals surface area contributed by atoms with Crippen molar-refractivity contribution in [2.24, 2.45) is 0 Å². The Hall–Kier alpha value is -3.53. The Morgan fingerprint density at radius 3 is 2.48 bits per heavy atom. The molecule has 3 aromatic rings. The first-order chi connectivity index (χ1) is 15.1. The van der Waals surface area contributed by atoms with Crippen LogP contribution in [0.3, 0.4) is 0 Å². The fourth-order valence-corrected chi connectivity index (χ4v) is 3.87. The molecule has 0 saturated carbocycles. The Morgan fingerprint density at radius 2 is 1.71 bits per heavy atom. The lowest BCUT2D eigenvalue weighted by Crippen LogP contribution is -2.50. The topological polar surface area (TPSA) is 111 Å². The first-order valence-electron chi connectivity index (χ1n) is 9.71. The molecule has 1 saturated heterocycles. The summed E-state index contributed by atoms with van der Waals surface area (Å²) >= 11 is 1.33. The summed E-state index contributed by atoms with van der Waals surface area (Å²) in [4.78, 5) is 37.6. The molecule has 31 heavy (non-hydrogen) atoms. The first kappa shape index (κ1) is 20.7. The number of nitrogens with one attached hydrogen (secondary N) is 5. The molecule has 1 aliphatic rings. The maximum absolute atomic E-state index is 12.4. The number of carbonyl (C=O) groups excluding carboxylic acids is 3. The van der Waals surface area contributed by atoms with Crippen LogP contribution in [0.1, 0.15) is 38.1 Å². The molecule has 9 heteroatoms. The highest BCUT2D eigenvalue weighted by Gasteiger charge is 2.30. The van der Waals surface area contributed by atoms with Crippen molar-refractivity contribution in [3.05, 3.63) is 88.1 Å². The van der Waals surface area contributed by atoms with Crippen LogP contribution in [0.4, 0.5) is 5.69 Å². The van der Waals surface area contributed by atoms with Gasteiger partial charge in [-0.25, -0.2) is 10.9 Å². The van der Waals surface area contributed by atoms with E-state index in [2.05, 4.69) is 27.0 Å². The summed E-state index contributed by atoms with van der Waals surface area (Å²) in [6.07, 6.45) is 0.552. The van der Waals surface area contributed by atoms with E-state index in [1.54, 1.807) is 36.4 Å². The van der Waals surface area contributed by atoms with Gasteiger partial charge in [-0.05, 0) is 41.6 Å². The van der Waals surface area contributed by atoms with Crippen molar-refractivity contribution in [1.82, 2.24) is 21.7 Å². The molecule has 2 heterocycles. The lowest BCUT2D eigenvalue weighted by atomic mass is 10.0. The van der Waals surface area contributed by atoms with Crippen LogP contribution < -0.4 is 27.0 Å². The monoisotopic (exact) mass is 435 g/mol. The van der Waals surface area contributed by atoms with E-state index in [1.807, 2.05) is 35.7 Å². The molecule has 1 aliphatic heterocycles. The van der Waals surface area contributed by atoms with Gasteiger partial charge in [0.15, 0.2) is 0 Å². The molecule has 0 spiro atoms. The number of hydrazine groups is 2. The van der Waals surface area contributed by atoms with Gasteiger partial charge in [-0.2, -0.15) is 0 Å². The van der Waals surface area contributed by atoms with Gasteiger partial charge in [-0.1, -0.05) is 42.5 Å². The smallest absolute Gasteiger partial charge is 0.269 e. The zero-order chi connectivity index (χ0) is 21.6. The number of hydrogen-bond donors (Lipinski definition) is 5. The SMILES string of the molecule is O=C(NNC(=O)C1CC(c2ccccc2)NN1)c1cccc(NC(=O)c2cccs2)c1. The summed E-state index contributed by atoms with van der Waals surface area (Å²) in [6.45, 7) is 0. The van der Waals surface area contributed by atoms with Gasteiger partial charge < -0.3 is 5.32 Å². The van der Waals surface area contributed by atoms with Gasteiger partial charge in [0.1, 0.15) is 6.04 Å². The minimum atomic E-state index is -0.484. The van der Waals surface area contributed by atoms with Crippen molar-refractivity contribution in [2.75, 3.05) is 5.32 Å². The molecule has 8 nitrogen and oxygen atoms in total. The van der Waals surface area contributed by atoms with E-state index in [-0.39, 0.29) is 17.9 Å². The third-order valence-corrected chi connectivity index (χ3v) is 5.72. The minimum Gasteiger partial charge on any atom is -0.321 e. The van der Waals surface area contributed by atoms with Crippen molar-refractivity contribution >= 4 is 34.7 Å². The van der Waals surface area contributed by atoms with E-state index in [4.69, 9.17) is 0 Å². The van der Waals surface area contributed by atoms with Crippen molar-refractivity contribution < 1.29 is 14.4 Å². The van der Waals surface area contributed by atoms with Crippen LogP contribution in [0, 0.1) is 0 Å². The van der Waals surface area contributed by atoms with Gasteiger partial charge in [0.25, 0.3) is 17.7 Å². The van der Waals surface area contributed by atoms with Crippen LogP contribution >= 0.6 is 11.3 Å². The van der Waals surface area contributed by atoms with Crippen molar-refractivity contribution in [3.8, 4) is 0 Å². The molecule has 4 rings (SSSR count). The molecule has 2 unspecified atom stereocenters. The summed E-state index contributed by atoms with van der Waals surface area (Å²) < 4.78 is 0. The molecule has 0 radical (unpaired) electrons. The average Bonchev–Trinajstić information content (AvgIpc) is 3.51. The van der Waals surface area contributed by atoms with Gasteiger partial charge >= 0.3 is 0 Å². The Bertz CT molecular complexity index is 1070. The zero-order valence-corrected chi connectivity index (χ0v) is 17.2. The highest BCUT2D eigenvalue weighted by atomic mass is 32.1. The maximum atomic E-state index is 12.4. The van der Waals surface area contributed by atoms with Crippen LogP contribution in [-0.2, 0) is 4.79 Å². The highest BCUT2D eigenvalue weighted by Crippen LogP contribution is 2.21. The summed E-state index contributed by atoms with van der Waals surface area (Å²) in [6, 6.07) is 19.4.